The zero-order chi connectivity index (χ0) is 13.1. The van der Waals surface area contributed by atoms with Gasteiger partial charge in [0.05, 0.1) is 6.42 Å². The fourth-order valence-electron chi connectivity index (χ4n) is 2.20. The van der Waals surface area contributed by atoms with Crippen molar-refractivity contribution in [3.8, 4) is 0 Å². The molecule has 1 aliphatic heterocycles. The lowest BCUT2D eigenvalue weighted by Gasteiger charge is -2.38. The normalized spacial score (nSPS) is 24.6. The highest BCUT2D eigenvalue weighted by Crippen LogP contribution is 2.25. The van der Waals surface area contributed by atoms with Crippen LogP contribution in [0.1, 0.15) is 32.6 Å². The molecule has 0 aromatic carbocycles. The van der Waals surface area contributed by atoms with Crippen molar-refractivity contribution in [3.05, 3.63) is 0 Å². The minimum atomic E-state index is -4.27. The van der Waals surface area contributed by atoms with Crippen LogP contribution >= 0.6 is 12.4 Å². The van der Waals surface area contributed by atoms with Crippen LogP contribution in [0.3, 0.4) is 0 Å². The van der Waals surface area contributed by atoms with Gasteiger partial charge < -0.3 is 10.6 Å². The summed E-state index contributed by atoms with van der Waals surface area (Å²) in [6.07, 6.45) is -4.15. The van der Waals surface area contributed by atoms with Crippen molar-refractivity contribution < 1.29 is 18.0 Å². The molecular formula is C11H20ClF3N2O. The van der Waals surface area contributed by atoms with Gasteiger partial charge in [-0.15, -0.1) is 12.4 Å². The summed E-state index contributed by atoms with van der Waals surface area (Å²) >= 11 is 0. The predicted octanol–water partition coefficient (Wildman–Crippen LogP) is 2.34. The van der Waals surface area contributed by atoms with Gasteiger partial charge in [-0.1, -0.05) is 6.92 Å². The van der Waals surface area contributed by atoms with Crippen LogP contribution in [0.4, 0.5) is 13.2 Å². The van der Waals surface area contributed by atoms with Gasteiger partial charge >= 0.3 is 6.18 Å². The van der Waals surface area contributed by atoms with Crippen molar-refractivity contribution in [2.24, 2.45) is 11.7 Å². The molecule has 18 heavy (non-hydrogen) atoms. The van der Waals surface area contributed by atoms with Gasteiger partial charge in [-0.05, 0) is 18.8 Å². The smallest absolute Gasteiger partial charge is 0.338 e. The Balaban J connectivity index is 0.00000289. The third-order valence-electron chi connectivity index (χ3n) is 3.19. The SMILES string of the molecule is CC1CCN(C(=O)CCC(F)(F)F)C(CN)C1.Cl. The molecule has 0 aromatic heterocycles. The van der Waals surface area contributed by atoms with Crippen LogP contribution in [0.5, 0.6) is 0 Å². The van der Waals surface area contributed by atoms with E-state index in [1.807, 2.05) is 0 Å². The van der Waals surface area contributed by atoms with E-state index in [4.69, 9.17) is 5.73 Å². The average molecular weight is 289 g/mol. The van der Waals surface area contributed by atoms with Crippen molar-refractivity contribution in [3.63, 3.8) is 0 Å². The number of hydrogen-bond donors (Lipinski definition) is 1. The molecule has 0 spiro atoms. The first-order valence-corrected chi connectivity index (χ1v) is 5.89. The maximum Gasteiger partial charge on any atom is 0.389 e. The largest absolute Gasteiger partial charge is 0.389 e. The fourth-order valence-corrected chi connectivity index (χ4v) is 2.20. The number of amides is 1. The van der Waals surface area contributed by atoms with E-state index in [0.29, 0.717) is 19.0 Å². The van der Waals surface area contributed by atoms with Crippen molar-refractivity contribution >= 4 is 18.3 Å². The Morgan fingerprint density at radius 2 is 2.06 bits per heavy atom. The zero-order valence-corrected chi connectivity index (χ0v) is 11.2. The van der Waals surface area contributed by atoms with E-state index in [1.165, 1.54) is 4.90 Å². The maximum atomic E-state index is 12.0. The van der Waals surface area contributed by atoms with Crippen LogP contribution in [-0.4, -0.2) is 36.1 Å². The quantitative estimate of drug-likeness (QED) is 0.866. The van der Waals surface area contributed by atoms with Gasteiger partial charge in [0, 0.05) is 25.6 Å². The van der Waals surface area contributed by atoms with E-state index in [1.54, 1.807) is 0 Å². The Labute approximate surface area is 111 Å². The summed E-state index contributed by atoms with van der Waals surface area (Å²) in [6.45, 7) is 2.92. The molecule has 0 radical (unpaired) electrons. The molecule has 3 nitrogen and oxygen atoms in total. The Hall–Kier alpha value is -0.490. The number of rotatable bonds is 3. The molecule has 1 rings (SSSR count). The number of halogens is 4. The Bertz CT molecular complexity index is 274. The highest BCUT2D eigenvalue weighted by atomic mass is 35.5. The summed E-state index contributed by atoms with van der Waals surface area (Å²) in [5, 5.41) is 0. The van der Waals surface area contributed by atoms with Crippen LogP contribution in [0.15, 0.2) is 0 Å². The number of piperidine rings is 1. The molecular weight excluding hydrogens is 269 g/mol. The molecule has 0 aromatic rings. The first-order chi connectivity index (χ1) is 7.83. The summed E-state index contributed by atoms with van der Waals surface area (Å²) in [5.74, 6) is 0.0555. The van der Waals surface area contributed by atoms with E-state index < -0.39 is 24.9 Å². The Kier molecular flexibility index (Phi) is 6.99. The summed E-state index contributed by atoms with van der Waals surface area (Å²) < 4.78 is 36.1. The molecule has 1 amide bonds. The second-order valence-corrected chi connectivity index (χ2v) is 4.72. The summed E-state index contributed by atoms with van der Waals surface area (Å²) in [6, 6.07) is -0.0977. The molecule has 2 N–H and O–H groups in total. The average Bonchev–Trinajstić information content (AvgIpc) is 2.24. The van der Waals surface area contributed by atoms with E-state index >= 15 is 0 Å². The second-order valence-electron chi connectivity index (χ2n) is 4.72. The molecule has 1 fully saturated rings. The third kappa shape index (κ3) is 5.44. The van der Waals surface area contributed by atoms with E-state index in [9.17, 15) is 18.0 Å². The number of hydrogen-bond acceptors (Lipinski definition) is 2. The van der Waals surface area contributed by atoms with Gasteiger partial charge in [-0.25, -0.2) is 0 Å². The molecule has 1 aliphatic rings. The monoisotopic (exact) mass is 288 g/mol. The van der Waals surface area contributed by atoms with Crippen molar-refractivity contribution in [2.45, 2.75) is 44.8 Å². The third-order valence-corrected chi connectivity index (χ3v) is 3.19. The van der Waals surface area contributed by atoms with Gasteiger partial charge in [0.2, 0.25) is 5.91 Å². The Morgan fingerprint density at radius 1 is 1.44 bits per heavy atom. The molecule has 2 atom stereocenters. The first kappa shape index (κ1) is 17.5. The van der Waals surface area contributed by atoms with Gasteiger partial charge in [0.15, 0.2) is 0 Å². The number of nitrogens with zero attached hydrogens (tertiary/aromatic N) is 1. The highest BCUT2D eigenvalue weighted by molar-refractivity contribution is 5.85. The van der Waals surface area contributed by atoms with Crippen LogP contribution in [-0.2, 0) is 4.79 Å². The van der Waals surface area contributed by atoms with Crippen molar-refractivity contribution in [1.82, 2.24) is 4.90 Å². The highest BCUT2D eigenvalue weighted by Gasteiger charge is 2.32. The molecule has 108 valence electrons. The summed E-state index contributed by atoms with van der Waals surface area (Å²) in [7, 11) is 0. The lowest BCUT2D eigenvalue weighted by Crippen LogP contribution is -2.49. The molecule has 0 aliphatic carbocycles. The standard InChI is InChI=1S/C11H19F3N2O.ClH/c1-8-3-5-16(9(6-8)7-15)10(17)2-4-11(12,13)14;/h8-9H,2-7,15H2,1H3;1H. The van der Waals surface area contributed by atoms with Gasteiger partial charge in [0.1, 0.15) is 0 Å². The van der Waals surface area contributed by atoms with Gasteiger partial charge in [-0.2, -0.15) is 13.2 Å². The topological polar surface area (TPSA) is 46.3 Å². The summed E-state index contributed by atoms with van der Waals surface area (Å²) in [4.78, 5) is 13.2. The van der Waals surface area contributed by atoms with Crippen LogP contribution in [0.2, 0.25) is 0 Å². The molecule has 0 bridgehead atoms. The molecule has 7 heteroatoms. The first-order valence-electron chi connectivity index (χ1n) is 5.89. The number of alkyl halides is 3. The van der Waals surface area contributed by atoms with E-state index in [-0.39, 0.29) is 18.4 Å². The lowest BCUT2D eigenvalue weighted by molar-refractivity contribution is -0.151. The van der Waals surface area contributed by atoms with Crippen LogP contribution in [0, 0.1) is 5.92 Å². The van der Waals surface area contributed by atoms with Gasteiger partial charge in [-0.3, -0.25) is 4.79 Å². The van der Waals surface area contributed by atoms with Crippen LogP contribution < -0.4 is 5.73 Å². The molecule has 2 unspecified atom stereocenters. The zero-order valence-electron chi connectivity index (χ0n) is 10.4. The fraction of sp³-hybridized carbons (Fsp3) is 0.909. The number of nitrogens with two attached hydrogens (primary N) is 1. The maximum absolute atomic E-state index is 12.0. The van der Waals surface area contributed by atoms with E-state index in [0.717, 1.165) is 12.8 Å². The number of likely N-dealkylation sites (tertiary alicyclic amines) is 1. The van der Waals surface area contributed by atoms with Crippen molar-refractivity contribution in [2.75, 3.05) is 13.1 Å². The van der Waals surface area contributed by atoms with E-state index in [2.05, 4.69) is 6.92 Å². The predicted molar refractivity (Wildman–Crippen MR) is 65.5 cm³/mol. The van der Waals surface area contributed by atoms with Gasteiger partial charge in [0.25, 0.3) is 0 Å². The number of carbonyl (C=O) groups excluding carboxylic acids is 1. The Morgan fingerprint density at radius 3 is 2.56 bits per heavy atom. The number of carbonyl (C=O) groups is 1. The van der Waals surface area contributed by atoms with Crippen molar-refractivity contribution in [1.29, 1.82) is 0 Å². The molecule has 1 heterocycles. The summed E-state index contributed by atoms with van der Waals surface area (Å²) in [5.41, 5.74) is 5.56. The minimum Gasteiger partial charge on any atom is -0.338 e. The second kappa shape index (κ2) is 7.19. The minimum absolute atomic E-state index is 0. The molecule has 0 saturated carbocycles. The molecule has 1 saturated heterocycles. The van der Waals surface area contributed by atoms with Crippen LogP contribution in [0.25, 0.3) is 0 Å². The lowest BCUT2D eigenvalue weighted by atomic mass is 9.92.